The van der Waals surface area contributed by atoms with Crippen LogP contribution in [0.1, 0.15) is 29.2 Å². The molecule has 0 bridgehead atoms. The molecule has 0 unspecified atom stereocenters. The van der Waals surface area contributed by atoms with Gasteiger partial charge in [0.1, 0.15) is 11.6 Å². The van der Waals surface area contributed by atoms with Gasteiger partial charge in [-0.2, -0.15) is 0 Å². The van der Waals surface area contributed by atoms with E-state index in [1.807, 2.05) is 26.1 Å². The molecule has 2 N–H and O–H groups in total. The summed E-state index contributed by atoms with van der Waals surface area (Å²) in [4.78, 5) is 15.4. The lowest BCUT2D eigenvalue weighted by Crippen LogP contribution is -2.28. The van der Waals surface area contributed by atoms with Gasteiger partial charge in [-0.15, -0.1) is 0 Å². The van der Waals surface area contributed by atoms with E-state index in [1.165, 1.54) is 5.57 Å². The Hall–Kier alpha value is -2.27. The third-order valence-corrected chi connectivity index (χ3v) is 3.92. The molecule has 5 heteroatoms. The molecule has 0 aromatic carbocycles. The van der Waals surface area contributed by atoms with E-state index < -0.39 is 0 Å². The van der Waals surface area contributed by atoms with Gasteiger partial charge in [0.05, 0.1) is 5.69 Å². The number of nitrogen functional groups attached to an aromatic ring is 1. The fraction of sp³-hybridized carbons (Fsp3) is 0.353. The third kappa shape index (κ3) is 3.31. The van der Waals surface area contributed by atoms with Crippen molar-refractivity contribution in [2.75, 3.05) is 18.8 Å². The topological polar surface area (TPSA) is 67.9 Å². The van der Waals surface area contributed by atoms with Crippen LogP contribution in [0.2, 0.25) is 0 Å². The highest BCUT2D eigenvalue weighted by Gasteiger charge is 2.15. The van der Waals surface area contributed by atoms with E-state index in [0.29, 0.717) is 11.6 Å². The first-order valence-corrected chi connectivity index (χ1v) is 7.55. The number of nitrogens with zero attached hydrogens (tertiary/aromatic N) is 4. The Morgan fingerprint density at radius 2 is 2.09 bits per heavy atom. The molecule has 5 nitrogen and oxygen atoms in total. The Balaban J connectivity index is 1.68. The summed E-state index contributed by atoms with van der Waals surface area (Å²) in [5, 5.41) is 0. The molecule has 0 fully saturated rings. The van der Waals surface area contributed by atoms with E-state index in [-0.39, 0.29) is 0 Å². The van der Waals surface area contributed by atoms with E-state index in [1.54, 1.807) is 0 Å². The zero-order chi connectivity index (χ0) is 15.5. The van der Waals surface area contributed by atoms with Crippen LogP contribution in [-0.2, 0) is 6.54 Å². The fourth-order valence-electron chi connectivity index (χ4n) is 2.68. The molecule has 0 saturated carbocycles. The fourth-order valence-corrected chi connectivity index (χ4v) is 2.68. The number of nitrogens with two attached hydrogens (primary N) is 1. The van der Waals surface area contributed by atoms with Crippen molar-refractivity contribution in [1.82, 2.24) is 19.9 Å². The van der Waals surface area contributed by atoms with Crippen LogP contribution in [0.5, 0.6) is 0 Å². The molecule has 114 valence electrons. The Kier molecular flexibility index (Phi) is 4.15. The van der Waals surface area contributed by atoms with E-state index in [4.69, 9.17) is 5.73 Å². The Morgan fingerprint density at radius 3 is 2.77 bits per heavy atom. The van der Waals surface area contributed by atoms with Crippen LogP contribution in [-0.4, -0.2) is 32.9 Å². The monoisotopic (exact) mass is 295 g/mol. The zero-order valence-corrected chi connectivity index (χ0v) is 13.1. The Morgan fingerprint density at radius 1 is 1.23 bits per heavy atom. The zero-order valence-electron chi connectivity index (χ0n) is 13.1. The van der Waals surface area contributed by atoms with Crippen molar-refractivity contribution < 1.29 is 0 Å². The number of rotatable bonds is 3. The average molecular weight is 295 g/mol. The van der Waals surface area contributed by atoms with Crippen molar-refractivity contribution in [3.05, 3.63) is 53.2 Å². The first-order chi connectivity index (χ1) is 10.6. The van der Waals surface area contributed by atoms with Crippen LogP contribution in [0.3, 0.4) is 0 Å². The Labute approximate surface area is 130 Å². The quantitative estimate of drug-likeness (QED) is 0.941. The number of aryl methyl sites for hydroxylation is 2. The van der Waals surface area contributed by atoms with Gasteiger partial charge in [0.15, 0.2) is 0 Å². The van der Waals surface area contributed by atoms with Crippen molar-refractivity contribution in [1.29, 1.82) is 0 Å². The van der Waals surface area contributed by atoms with Gasteiger partial charge in [0.25, 0.3) is 0 Å². The number of pyridine rings is 1. The van der Waals surface area contributed by atoms with Crippen molar-refractivity contribution >= 4 is 11.4 Å². The van der Waals surface area contributed by atoms with E-state index >= 15 is 0 Å². The molecule has 2 aromatic rings. The van der Waals surface area contributed by atoms with E-state index in [0.717, 1.165) is 43.0 Å². The third-order valence-electron chi connectivity index (χ3n) is 3.92. The summed E-state index contributed by atoms with van der Waals surface area (Å²) in [6, 6.07) is 6.18. The number of anilines is 1. The standard InChI is InChI=1S/C17H21N5/c1-12-4-3-5-16(20-12)14-6-8-22(9-7-14)11-15-10-19-13(2)21-17(15)18/h3-6,10H,7-9,11H2,1-2H3,(H2,18,19,21). The molecule has 3 rings (SSSR count). The maximum Gasteiger partial charge on any atom is 0.131 e. The minimum atomic E-state index is 0.586. The van der Waals surface area contributed by atoms with E-state index in [9.17, 15) is 0 Å². The smallest absolute Gasteiger partial charge is 0.131 e. The molecule has 0 aliphatic carbocycles. The van der Waals surface area contributed by atoms with Gasteiger partial charge in [-0.05, 0) is 38.0 Å². The van der Waals surface area contributed by atoms with Crippen LogP contribution in [0.4, 0.5) is 5.82 Å². The van der Waals surface area contributed by atoms with E-state index in [2.05, 4.69) is 38.1 Å². The van der Waals surface area contributed by atoms with Crippen LogP contribution < -0.4 is 5.73 Å². The minimum Gasteiger partial charge on any atom is -0.383 e. The second-order valence-electron chi connectivity index (χ2n) is 5.71. The summed E-state index contributed by atoms with van der Waals surface area (Å²) in [7, 11) is 0. The minimum absolute atomic E-state index is 0.586. The molecule has 0 radical (unpaired) electrons. The SMILES string of the molecule is Cc1cccc(C2=CCN(Cc3cnc(C)nc3N)CC2)n1. The number of aromatic nitrogens is 3. The summed E-state index contributed by atoms with van der Waals surface area (Å²) in [5.74, 6) is 1.30. The highest BCUT2D eigenvalue weighted by atomic mass is 15.1. The van der Waals surface area contributed by atoms with Gasteiger partial charge in [0, 0.05) is 37.1 Å². The summed E-state index contributed by atoms with van der Waals surface area (Å²) in [6.45, 7) is 6.56. The molecular weight excluding hydrogens is 274 g/mol. The molecule has 0 atom stereocenters. The predicted molar refractivity (Wildman–Crippen MR) is 88.0 cm³/mol. The average Bonchev–Trinajstić information content (AvgIpc) is 2.51. The lowest BCUT2D eigenvalue weighted by atomic mass is 10.0. The lowest BCUT2D eigenvalue weighted by molar-refractivity contribution is 0.293. The van der Waals surface area contributed by atoms with Crippen molar-refractivity contribution in [3.63, 3.8) is 0 Å². The van der Waals surface area contributed by atoms with Gasteiger partial charge in [-0.25, -0.2) is 9.97 Å². The largest absolute Gasteiger partial charge is 0.383 e. The molecular formula is C17H21N5. The van der Waals surface area contributed by atoms with Gasteiger partial charge in [-0.3, -0.25) is 9.88 Å². The Bertz CT molecular complexity index is 708. The normalized spacial score (nSPS) is 15.6. The summed E-state index contributed by atoms with van der Waals surface area (Å²) >= 11 is 0. The number of hydrogen-bond donors (Lipinski definition) is 1. The molecule has 22 heavy (non-hydrogen) atoms. The predicted octanol–water partition coefficient (Wildman–Crippen LogP) is 2.36. The molecule has 0 amide bonds. The van der Waals surface area contributed by atoms with Crippen LogP contribution in [0.15, 0.2) is 30.5 Å². The first-order valence-electron chi connectivity index (χ1n) is 7.55. The van der Waals surface area contributed by atoms with Gasteiger partial charge >= 0.3 is 0 Å². The van der Waals surface area contributed by atoms with Gasteiger partial charge in [0.2, 0.25) is 0 Å². The number of hydrogen-bond acceptors (Lipinski definition) is 5. The molecule has 1 aliphatic heterocycles. The maximum atomic E-state index is 5.97. The van der Waals surface area contributed by atoms with Crippen LogP contribution in [0.25, 0.3) is 5.57 Å². The second kappa shape index (κ2) is 6.23. The summed E-state index contributed by atoms with van der Waals surface area (Å²) in [6.07, 6.45) is 5.10. The summed E-state index contributed by atoms with van der Waals surface area (Å²) < 4.78 is 0. The molecule has 0 saturated heterocycles. The first kappa shape index (κ1) is 14.7. The molecule has 2 aromatic heterocycles. The maximum absolute atomic E-state index is 5.97. The van der Waals surface area contributed by atoms with Crippen molar-refractivity contribution in [2.45, 2.75) is 26.8 Å². The van der Waals surface area contributed by atoms with Crippen molar-refractivity contribution in [3.8, 4) is 0 Å². The molecule has 3 heterocycles. The highest BCUT2D eigenvalue weighted by Crippen LogP contribution is 2.22. The van der Waals surface area contributed by atoms with Crippen LogP contribution >= 0.6 is 0 Å². The highest BCUT2D eigenvalue weighted by molar-refractivity contribution is 5.63. The van der Waals surface area contributed by atoms with Crippen molar-refractivity contribution in [2.24, 2.45) is 0 Å². The lowest BCUT2D eigenvalue weighted by Gasteiger charge is -2.26. The molecule has 0 spiro atoms. The van der Waals surface area contributed by atoms with Crippen LogP contribution in [0, 0.1) is 13.8 Å². The van der Waals surface area contributed by atoms with Gasteiger partial charge in [-0.1, -0.05) is 12.1 Å². The second-order valence-corrected chi connectivity index (χ2v) is 5.71. The summed E-state index contributed by atoms with van der Waals surface area (Å²) in [5.41, 5.74) is 10.4. The van der Waals surface area contributed by atoms with Gasteiger partial charge < -0.3 is 5.73 Å². The molecule has 1 aliphatic rings.